The topological polar surface area (TPSA) is 250 Å². The SMILES string of the molecule is C.CCOC(=O)c1cn(Cc2cc(C#N)c3ncc(Cl)cc3c2)nc1C#N.N#Cc1nn(Cc2cc(C#N)c3ncc(Cl)cc3c2)cc1C(=O)O.[Na+].[OH-]. The summed E-state index contributed by atoms with van der Waals surface area (Å²) in [6, 6.07) is 18.2. The Kier molecular flexibility index (Phi) is 15.6. The van der Waals surface area contributed by atoms with Gasteiger partial charge in [-0.3, -0.25) is 19.3 Å². The van der Waals surface area contributed by atoms with Crippen molar-refractivity contribution in [2.45, 2.75) is 27.4 Å². The number of hydrogen-bond acceptors (Lipinski definition) is 12. The Labute approximate surface area is 334 Å². The van der Waals surface area contributed by atoms with Crippen LogP contribution in [0.5, 0.6) is 0 Å². The molecule has 260 valence electrons. The van der Waals surface area contributed by atoms with Crippen LogP contribution in [0.4, 0.5) is 0 Å². The number of ether oxygens (including phenoxy) is 1. The molecule has 15 nitrogen and oxygen atoms in total. The molecule has 2 aromatic carbocycles. The first-order chi connectivity index (χ1) is 24.1. The first kappa shape index (κ1) is 43.3. The molecule has 0 spiro atoms. The Morgan fingerprint density at radius 2 is 1.19 bits per heavy atom. The molecule has 0 aliphatic rings. The number of carboxylic acids is 1. The molecule has 0 aliphatic heterocycles. The molecular formula is C35H25Cl2N10NaO5. The van der Waals surface area contributed by atoms with Gasteiger partial charge in [0.15, 0.2) is 11.4 Å². The summed E-state index contributed by atoms with van der Waals surface area (Å²) in [5.41, 5.74) is 3.15. The van der Waals surface area contributed by atoms with Gasteiger partial charge < -0.3 is 15.3 Å². The van der Waals surface area contributed by atoms with Gasteiger partial charge in [0.25, 0.3) is 0 Å². The van der Waals surface area contributed by atoms with E-state index in [0.29, 0.717) is 43.2 Å². The molecule has 18 heteroatoms. The van der Waals surface area contributed by atoms with Gasteiger partial charge in [-0.05, 0) is 54.4 Å². The van der Waals surface area contributed by atoms with Crippen molar-refractivity contribution in [3.8, 4) is 24.3 Å². The van der Waals surface area contributed by atoms with Gasteiger partial charge in [-0.15, -0.1) is 0 Å². The van der Waals surface area contributed by atoms with E-state index in [4.69, 9.17) is 43.6 Å². The van der Waals surface area contributed by atoms with Gasteiger partial charge in [0.05, 0.1) is 51.9 Å². The molecule has 0 aliphatic carbocycles. The number of esters is 1. The number of benzene rings is 2. The zero-order valence-electron chi connectivity index (χ0n) is 27.2. The van der Waals surface area contributed by atoms with Crippen LogP contribution >= 0.6 is 23.2 Å². The average molecular weight is 760 g/mol. The van der Waals surface area contributed by atoms with Crippen molar-refractivity contribution in [3.63, 3.8) is 0 Å². The molecule has 4 heterocycles. The average Bonchev–Trinajstić information content (AvgIpc) is 3.71. The van der Waals surface area contributed by atoms with Gasteiger partial charge in [0.1, 0.15) is 35.4 Å². The van der Waals surface area contributed by atoms with E-state index >= 15 is 0 Å². The molecule has 53 heavy (non-hydrogen) atoms. The summed E-state index contributed by atoms with van der Waals surface area (Å²) in [5, 5.41) is 56.2. The third kappa shape index (κ3) is 9.92. The van der Waals surface area contributed by atoms with Crippen molar-refractivity contribution in [1.82, 2.24) is 29.5 Å². The number of hydrogen-bond donors (Lipinski definition) is 1. The Morgan fingerprint density at radius 3 is 1.57 bits per heavy atom. The maximum absolute atomic E-state index is 11.9. The maximum Gasteiger partial charge on any atom is 1.00 e. The van der Waals surface area contributed by atoms with E-state index in [-0.39, 0.29) is 84.7 Å². The molecular weight excluding hydrogens is 734 g/mol. The quantitative estimate of drug-likeness (QED) is 0.182. The predicted octanol–water partition coefficient (Wildman–Crippen LogP) is 3.09. The molecule has 0 amide bonds. The zero-order chi connectivity index (χ0) is 35.9. The Bertz CT molecular complexity index is 2510. The first-order valence-electron chi connectivity index (χ1n) is 14.4. The van der Waals surface area contributed by atoms with Crippen LogP contribution in [0.3, 0.4) is 0 Å². The Balaban J connectivity index is 0.000000348. The number of nitrogens with zero attached hydrogens (tertiary/aromatic N) is 10. The standard InChI is InChI=1S/C18H12ClN5O2.C16H8ClN5O2.CH4.Na.H2O/c1-2-26-18(25)15-10-24(23-16(15)7-21)9-11-3-12-5-14(19)8-22-17(12)13(4-11)6-20;17-12-3-10-1-9(2-11(4-18)15(10)20-6-12)7-22-8-13(16(23)24)14(5-19)21-22;;;/h3-5,8,10H,2,9H2,1H3;1-3,6,8H,7H2,(H,23,24);1H4;;1H2/q;;;+1;/p-1. The summed E-state index contributed by atoms with van der Waals surface area (Å²) in [7, 11) is 0. The van der Waals surface area contributed by atoms with E-state index in [1.54, 1.807) is 43.3 Å². The molecule has 0 saturated heterocycles. The number of aromatic carboxylic acids is 1. The molecule has 0 atom stereocenters. The second-order valence-electron chi connectivity index (χ2n) is 10.4. The summed E-state index contributed by atoms with van der Waals surface area (Å²) in [5.74, 6) is -1.81. The van der Waals surface area contributed by atoms with Crippen molar-refractivity contribution in [3.05, 3.63) is 116 Å². The van der Waals surface area contributed by atoms with Gasteiger partial charge in [-0.25, -0.2) is 9.59 Å². The van der Waals surface area contributed by atoms with E-state index in [9.17, 15) is 20.1 Å². The zero-order valence-corrected chi connectivity index (χ0v) is 30.8. The van der Waals surface area contributed by atoms with Crippen LogP contribution in [-0.4, -0.2) is 58.7 Å². The van der Waals surface area contributed by atoms with Crippen molar-refractivity contribution in [1.29, 1.82) is 21.0 Å². The Morgan fingerprint density at radius 1 is 0.755 bits per heavy atom. The molecule has 0 unspecified atom stereocenters. The number of fused-ring (bicyclic) bond motifs is 2. The number of carbonyl (C=O) groups is 2. The van der Waals surface area contributed by atoms with Gasteiger partial charge in [-0.1, -0.05) is 30.6 Å². The van der Waals surface area contributed by atoms with Crippen LogP contribution < -0.4 is 29.6 Å². The van der Waals surface area contributed by atoms with Gasteiger partial charge in [0.2, 0.25) is 0 Å². The van der Waals surface area contributed by atoms with Crippen molar-refractivity contribution < 1.29 is 54.5 Å². The molecule has 6 rings (SSSR count). The normalized spacial score (nSPS) is 9.72. The summed E-state index contributed by atoms with van der Waals surface area (Å²) < 4.78 is 7.74. The van der Waals surface area contributed by atoms with Crippen LogP contribution in [0.2, 0.25) is 10.0 Å². The monoisotopic (exact) mass is 758 g/mol. The minimum atomic E-state index is -1.22. The van der Waals surface area contributed by atoms with E-state index in [1.165, 1.54) is 34.2 Å². The van der Waals surface area contributed by atoms with Crippen LogP contribution in [0.1, 0.15) is 68.7 Å². The van der Waals surface area contributed by atoms with E-state index < -0.39 is 11.9 Å². The fraction of sp³-hybridized carbons (Fsp3) is 0.143. The second kappa shape index (κ2) is 19.1. The molecule has 0 bridgehead atoms. The molecule has 0 fully saturated rings. The number of halogens is 2. The smallest absolute Gasteiger partial charge is 0.870 e. The third-order valence-electron chi connectivity index (χ3n) is 7.01. The van der Waals surface area contributed by atoms with Crippen LogP contribution in [0.15, 0.2) is 61.2 Å². The molecule has 0 radical (unpaired) electrons. The third-order valence-corrected chi connectivity index (χ3v) is 7.42. The number of aromatic nitrogens is 6. The number of nitriles is 4. The van der Waals surface area contributed by atoms with Gasteiger partial charge in [0, 0.05) is 35.6 Å². The summed E-state index contributed by atoms with van der Waals surface area (Å²) in [6.07, 6.45) is 5.70. The second-order valence-corrected chi connectivity index (χ2v) is 11.3. The predicted molar refractivity (Wildman–Crippen MR) is 187 cm³/mol. The van der Waals surface area contributed by atoms with E-state index in [2.05, 4.69) is 32.3 Å². The molecule has 0 saturated carbocycles. The molecule has 6 aromatic rings. The number of carbonyl (C=O) groups excluding carboxylic acids is 1. The maximum atomic E-state index is 11.9. The number of pyridine rings is 2. The summed E-state index contributed by atoms with van der Waals surface area (Å²) >= 11 is 11.9. The van der Waals surface area contributed by atoms with Crippen LogP contribution in [-0.2, 0) is 17.8 Å². The van der Waals surface area contributed by atoms with E-state index in [0.717, 1.165) is 10.9 Å². The fourth-order valence-corrected chi connectivity index (χ4v) is 5.31. The molecule has 2 N–H and O–H groups in total. The summed E-state index contributed by atoms with van der Waals surface area (Å²) in [4.78, 5) is 31.3. The summed E-state index contributed by atoms with van der Waals surface area (Å²) in [6.45, 7) is 2.37. The van der Waals surface area contributed by atoms with Crippen LogP contribution in [0.25, 0.3) is 21.8 Å². The number of rotatable bonds is 7. The van der Waals surface area contributed by atoms with Gasteiger partial charge in [-0.2, -0.15) is 31.2 Å². The minimum Gasteiger partial charge on any atom is -0.870 e. The van der Waals surface area contributed by atoms with Crippen LogP contribution in [0, 0.1) is 45.3 Å². The van der Waals surface area contributed by atoms with Crippen molar-refractivity contribution in [2.24, 2.45) is 0 Å². The van der Waals surface area contributed by atoms with Gasteiger partial charge >= 0.3 is 41.5 Å². The minimum absolute atomic E-state index is 0. The fourth-order valence-electron chi connectivity index (χ4n) is 4.98. The Hall–Kier alpha value is -5.88. The number of carboxylic acid groups (broad SMARTS) is 1. The molecule has 4 aromatic heterocycles. The van der Waals surface area contributed by atoms with Crippen molar-refractivity contribution >= 4 is 56.9 Å². The van der Waals surface area contributed by atoms with Crippen molar-refractivity contribution in [2.75, 3.05) is 6.61 Å². The first-order valence-corrected chi connectivity index (χ1v) is 15.1. The largest absolute Gasteiger partial charge is 1.00 e. The van der Waals surface area contributed by atoms with E-state index in [1.807, 2.05) is 12.1 Å².